The topological polar surface area (TPSA) is 33.7 Å². The molecule has 1 aromatic rings. The number of nitrogens with zero attached hydrogens (tertiary/aromatic N) is 1. The van der Waals surface area contributed by atoms with Crippen LogP contribution in [0.5, 0.6) is 11.5 Å². The number of ether oxygens (including phenoxy) is 2. The summed E-state index contributed by atoms with van der Waals surface area (Å²) >= 11 is 5.60. The molecule has 0 aromatic heterocycles. The van der Waals surface area contributed by atoms with Crippen molar-refractivity contribution in [2.75, 3.05) is 27.8 Å². The fourth-order valence-electron chi connectivity index (χ4n) is 4.12. The third-order valence-electron chi connectivity index (χ3n) is 5.58. The van der Waals surface area contributed by atoms with E-state index < -0.39 is 0 Å². The zero-order chi connectivity index (χ0) is 17.1. The van der Waals surface area contributed by atoms with Crippen molar-refractivity contribution in [2.45, 2.75) is 38.1 Å². The van der Waals surface area contributed by atoms with Crippen molar-refractivity contribution >= 4 is 17.3 Å². The van der Waals surface area contributed by atoms with Gasteiger partial charge in [-0.15, -0.1) is 0 Å². The predicted octanol–water partition coefficient (Wildman–Crippen LogP) is 3.24. The Bertz CT molecular complexity index is 593. The summed E-state index contributed by atoms with van der Waals surface area (Å²) in [5.74, 6) is 3.32. The number of benzene rings is 1. The van der Waals surface area contributed by atoms with Gasteiger partial charge in [0, 0.05) is 19.6 Å². The summed E-state index contributed by atoms with van der Waals surface area (Å²) in [5, 5.41) is 4.48. The molecule has 0 saturated heterocycles. The van der Waals surface area contributed by atoms with E-state index in [2.05, 4.69) is 23.3 Å². The van der Waals surface area contributed by atoms with Crippen molar-refractivity contribution in [2.24, 2.45) is 11.8 Å². The van der Waals surface area contributed by atoms with Gasteiger partial charge in [-0.2, -0.15) is 0 Å². The second-order valence-corrected chi connectivity index (χ2v) is 7.48. The highest BCUT2D eigenvalue weighted by Crippen LogP contribution is 2.44. The lowest BCUT2D eigenvalue weighted by Gasteiger charge is -2.28. The molecule has 1 aromatic carbocycles. The first-order valence-corrected chi connectivity index (χ1v) is 9.24. The lowest BCUT2D eigenvalue weighted by atomic mass is 9.95. The summed E-state index contributed by atoms with van der Waals surface area (Å²) in [7, 11) is 5.40. The highest BCUT2D eigenvalue weighted by atomic mass is 32.1. The number of thiocarbonyl (C=S) groups is 1. The van der Waals surface area contributed by atoms with Gasteiger partial charge in [-0.25, -0.2) is 0 Å². The zero-order valence-electron chi connectivity index (χ0n) is 14.9. The van der Waals surface area contributed by atoms with E-state index in [0.717, 1.165) is 41.4 Å². The predicted molar refractivity (Wildman–Crippen MR) is 101 cm³/mol. The first kappa shape index (κ1) is 17.3. The van der Waals surface area contributed by atoms with Gasteiger partial charge < -0.3 is 19.7 Å². The number of methoxy groups -OCH3 is 2. The molecule has 0 spiro atoms. The quantitative estimate of drug-likeness (QED) is 0.798. The molecule has 2 aliphatic carbocycles. The van der Waals surface area contributed by atoms with E-state index in [0.29, 0.717) is 6.04 Å². The van der Waals surface area contributed by atoms with Crippen LogP contribution in [0, 0.1) is 11.8 Å². The monoisotopic (exact) mass is 348 g/mol. The van der Waals surface area contributed by atoms with Crippen LogP contribution in [0.3, 0.4) is 0 Å². The number of hydrogen-bond acceptors (Lipinski definition) is 3. The van der Waals surface area contributed by atoms with Crippen LogP contribution in [0.2, 0.25) is 0 Å². The average molecular weight is 349 g/mol. The summed E-state index contributed by atoms with van der Waals surface area (Å²) in [6, 6.07) is 6.68. The standard InChI is InChI=1S/C19H28N2O2S/c1-21(19(24)20-16-11-14-4-6-15(16)10-14)9-8-13-5-7-17(22-2)18(12-13)23-3/h5,7,12,14-16H,4,6,8-11H2,1-3H3,(H,20,24)/t14-,15-,16+/m1/s1. The number of hydrogen-bond donors (Lipinski definition) is 1. The van der Waals surface area contributed by atoms with Gasteiger partial charge in [-0.05, 0) is 67.4 Å². The fraction of sp³-hybridized carbons (Fsp3) is 0.632. The Morgan fingerprint density at radius 1 is 1.21 bits per heavy atom. The molecule has 5 heteroatoms. The molecule has 2 bridgehead atoms. The van der Waals surface area contributed by atoms with Gasteiger partial charge in [0.25, 0.3) is 0 Å². The van der Waals surface area contributed by atoms with Crippen LogP contribution in [-0.4, -0.2) is 43.9 Å². The molecule has 3 rings (SSSR count). The SMILES string of the molecule is COc1ccc(CCN(C)C(=S)N[C@H]2C[C@@H]3CC[C@@H]2C3)cc1OC. The van der Waals surface area contributed by atoms with Gasteiger partial charge >= 0.3 is 0 Å². The van der Waals surface area contributed by atoms with Gasteiger partial charge in [0.2, 0.25) is 0 Å². The van der Waals surface area contributed by atoms with E-state index in [1.165, 1.54) is 31.2 Å². The van der Waals surface area contributed by atoms with E-state index in [4.69, 9.17) is 21.7 Å². The summed E-state index contributed by atoms with van der Waals surface area (Å²) in [4.78, 5) is 2.15. The zero-order valence-corrected chi connectivity index (χ0v) is 15.7. The molecule has 0 radical (unpaired) electrons. The molecule has 132 valence electrons. The van der Waals surface area contributed by atoms with E-state index >= 15 is 0 Å². The molecule has 2 saturated carbocycles. The first-order chi connectivity index (χ1) is 11.6. The van der Waals surface area contributed by atoms with Crippen LogP contribution in [0.4, 0.5) is 0 Å². The van der Waals surface area contributed by atoms with E-state index in [-0.39, 0.29) is 0 Å². The summed E-state index contributed by atoms with van der Waals surface area (Å²) in [5.41, 5.74) is 1.22. The molecule has 0 heterocycles. The lowest BCUT2D eigenvalue weighted by molar-refractivity contribution is 0.354. The number of rotatable bonds is 6. The summed E-state index contributed by atoms with van der Waals surface area (Å²) in [6.45, 7) is 0.891. The van der Waals surface area contributed by atoms with Crippen LogP contribution >= 0.6 is 12.2 Å². The summed E-state index contributed by atoms with van der Waals surface area (Å²) < 4.78 is 10.7. The lowest BCUT2D eigenvalue weighted by Crippen LogP contribution is -2.45. The molecule has 24 heavy (non-hydrogen) atoms. The van der Waals surface area contributed by atoms with Gasteiger partial charge in [0.1, 0.15) is 0 Å². The van der Waals surface area contributed by atoms with Gasteiger partial charge in [-0.3, -0.25) is 0 Å². The van der Waals surface area contributed by atoms with Crippen molar-refractivity contribution in [3.05, 3.63) is 23.8 Å². The third kappa shape index (κ3) is 3.77. The smallest absolute Gasteiger partial charge is 0.168 e. The second kappa shape index (κ2) is 7.60. The normalized spacial score (nSPS) is 24.7. The summed E-state index contributed by atoms with van der Waals surface area (Å²) in [6.07, 6.45) is 6.42. The van der Waals surface area contributed by atoms with Crippen molar-refractivity contribution < 1.29 is 9.47 Å². The van der Waals surface area contributed by atoms with E-state index in [9.17, 15) is 0 Å². The minimum absolute atomic E-state index is 0.597. The Balaban J connectivity index is 1.49. The first-order valence-electron chi connectivity index (χ1n) is 8.83. The number of fused-ring (bicyclic) bond motifs is 2. The maximum absolute atomic E-state index is 5.60. The number of nitrogens with one attached hydrogen (secondary N) is 1. The Morgan fingerprint density at radius 2 is 2.00 bits per heavy atom. The van der Waals surface area contributed by atoms with Crippen molar-refractivity contribution in [1.29, 1.82) is 0 Å². The van der Waals surface area contributed by atoms with Crippen LogP contribution in [0.25, 0.3) is 0 Å². The maximum Gasteiger partial charge on any atom is 0.168 e. The third-order valence-corrected chi connectivity index (χ3v) is 6.01. The van der Waals surface area contributed by atoms with Crippen LogP contribution in [-0.2, 0) is 6.42 Å². The molecule has 0 aliphatic heterocycles. The largest absolute Gasteiger partial charge is 0.493 e. The van der Waals surface area contributed by atoms with Gasteiger partial charge in [-0.1, -0.05) is 12.5 Å². The Kier molecular flexibility index (Phi) is 5.49. The molecule has 4 nitrogen and oxygen atoms in total. The van der Waals surface area contributed by atoms with E-state index in [1.54, 1.807) is 14.2 Å². The number of likely N-dealkylation sites (N-methyl/N-ethyl adjacent to an activating group) is 1. The Hall–Kier alpha value is -1.49. The Morgan fingerprint density at radius 3 is 2.62 bits per heavy atom. The molecule has 1 N–H and O–H groups in total. The molecule has 3 atom stereocenters. The fourth-order valence-corrected chi connectivity index (χ4v) is 4.37. The molecule has 0 unspecified atom stereocenters. The molecule has 2 fully saturated rings. The second-order valence-electron chi connectivity index (χ2n) is 7.09. The van der Waals surface area contributed by atoms with Gasteiger partial charge in [0.05, 0.1) is 14.2 Å². The van der Waals surface area contributed by atoms with Gasteiger partial charge in [0.15, 0.2) is 16.6 Å². The average Bonchev–Trinajstić information content (AvgIpc) is 3.22. The van der Waals surface area contributed by atoms with Crippen molar-refractivity contribution in [1.82, 2.24) is 10.2 Å². The van der Waals surface area contributed by atoms with Crippen molar-refractivity contribution in [3.63, 3.8) is 0 Å². The minimum atomic E-state index is 0.597. The van der Waals surface area contributed by atoms with E-state index in [1.807, 2.05) is 12.1 Å². The molecule has 0 amide bonds. The Labute approximate surface area is 150 Å². The molecular weight excluding hydrogens is 320 g/mol. The van der Waals surface area contributed by atoms with Crippen LogP contribution in [0.1, 0.15) is 31.2 Å². The molecular formula is C19H28N2O2S. The maximum atomic E-state index is 5.60. The highest BCUT2D eigenvalue weighted by molar-refractivity contribution is 7.80. The highest BCUT2D eigenvalue weighted by Gasteiger charge is 2.39. The van der Waals surface area contributed by atoms with Crippen LogP contribution < -0.4 is 14.8 Å². The minimum Gasteiger partial charge on any atom is -0.493 e. The molecule has 2 aliphatic rings. The van der Waals surface area contributed by atoms with Crippen LogP contribution in [0.15, 0.2) is 18.2 Å². The van der Waals surface area contributed by atoms with Crippen molar-refractivity contribution in [3.8, 4) is 11.5 Å².